The van der Waals surface area contributed by atoms with Crippen molar-refractivity contribution in [3.8, 4) is 11.1 Å². The standard InChI is InChI=1S/C18H15NO2S/c20-18(19-21)17(13-5-2-1-3-6-13)15-8-4-7-14(11-15)16-9-10-22-12-16/h1-12,17,21H,(H,19,20). The van der Waals surface area contributed by atoms with E-state index < -0.39 is 11.8 Å². The van der Waals surface area contributed by atoms with Gasteiger partial charge in [0.15, 0.2) is 0 Å². The van der Waals surface area contributed by atoms with Crippen molar-refractivity contribution in [2.45, 2.75) is 5.92 Å². The van der Waals surface area contributed by atoms with Gasteiger partial charge in [0.25, 0.3) is 5.91 Å². The molecule has 0 fully saturated rings. The van der Waals surface area contributed by atoms with Crippen LogP contribution in [0.3, 0.4) is 0 Å². The van der Waals surface area contributed by atoms with Crippen LogP contribution in [0.15, 0.2) is 71.4 Å². The van der Waals surface area contributed by atoms with Gasteiger partial charge in [0.1, 0.15) is 0 Å². The summed E-state index contributed by atoms with van der Waals surface area (Å²) in [6.45, 7) is 0. The molecule has 1 amide bonds. The summed E-state index contributed by atoms with van der Waals surface area (Å²) in [5.41, 5.74) is 5.66. The van der Waals surface area contributed by atoms with Gasteiger partial charge < -0.3 is 0 Å². The van der Waals surface area contributed by atoms with Crippen LogP contribution in [0.1, 0.15) is 17.0 Å². The Hall–Kier alpha value is -2.43. The van der Waals surface area contributed by atoms with E-state index in [1.165, 1.54) is 0 Å². The zero-order valence-electron chi connectivity index (χ0n) is 11.8. The van der Waals surface area contributed by atoms with Crippen molar-refractivity contribution in [3.63, 3.8) is 0 Å². The van der Waals surface area contributed by atoms with E-state index in [-0.39, 0.29) is 0 Å². The molecule has 2 N–H and O–H groups in total. The number of hydrogen-bond donors (Lipinski definition) is 2. The predicted molar refractivity (Wildman–Crippen MR) is 88.0 cm³/mol. The van der Waals surface area contributed by atoms with Crippen molar-refractivity contribution >= 4 is 17.2 Å². The summed E-state index contributed by atoms with van der Waals surface area (Å²) in [6, 6.07) is 19.3. The Labute approximate surface area is 132 Å². The predicted octanol–water partition coefficient (Wildman–Crippen LogP) is 4.05. The second-order valence-electron chi connectivity index (χ2n) is 4.96. The summed E-state index contributed by atoms with van der Waals surface area (Å²) in [7, 11) is 0. The fourth-order valence-electron chi connectivity index (χ4n) is 2.53. The number of amides is 1. The van der Waals surface area contributed by atoms with Gasteiger partial charge >= 0.3 is 0 Å². The Morgan fingerprint density at radius 3 is 2.41 bits per heavy atom. The number of benzene rings is 2. The summed E-state index contributed by atoms with van der Waals surface area (Å²) in [4.78, 5) is 12.2. The molecule has 4 heteroatoms. The number of carbonyl (C=O) groups excluding carboxylic acids is 1. The fraction of sp³-hybridized carbons (Fsp3) is 0.0556. The van der Waals surface area contributed by atoms with Gasteiger partial charge in [-0.3, -0.25) is 10.0 Å². The summed E-state index contributed by atoms with van der Waals surface area (Å²) >= 11 is 1.64. The summed E-state index contributed by atoms with van der Waals surface area (Å²) in [6.07, 6.45) is 0. The van der Waals surface area contributed by atoms with E-state index in [1.54, 1.807) is 16.8 Å². The lowest BCUT2D eigenvalue weighted by Crippen LogP contribution is -2.27. The van der Waals surface area contributed by atoms with Gasteiger partial charge in [-0.25, -0.2) is 5.48 Å². The highest BCUT2D eigenvalue weighted by molar-refractivity contribution is 7.08. The summed E-state index contributed by atoms with van der Waals surface area (Å²) < 4.78 is 0. The monoisotopic (exact) mass is 309 g/mol. The lowest BCUT2D eigenvalue weighted by Gasteiger charge is -2.16. The third-order valence-corrected chi connectivity index (χ3v) is 4.26. The molecule has 0 spiro atoms. The molecular weight excluding hydrogens is 294 g/mol. The second kappa shape index (κ2) is 6.56. The number of rotatable bonds is 4. The lowest BCUT2D eigenvalue weighted by atomic mass is 9.89. The van der Waals surface area contributed by atoms with E-state index in [1.807, 2.05) is 66.0 Å². The van der Waals surface area contributed by atoms with E-state index >= 15 is 0 Å². The van der Waals surface area contributed by atoms with Crippen LogP contribution >= 0.6 is 11.3 Å². The van der Waals surface area contributed by atoms with E-state index in [0.717, 1.165) is 22.3 Å². The van der Waals surface area contributed by atoms with Gasteiger partial charge in [0, 0.05) is 0 Å². The van der Waals surface area contributed by atoms with Crippen LogP contribution in [0.4, 0.5) is 0 Å². The fourth-order valence-corrected chi connectivity index (χ4v) is 3.20. The van der Waals surface area contributed by atoms with E-state index in [0.29, 0.717) is 0 Å². The molecule has 0 saturated carbocycles. The minimum absolute atomic E-state index is 0.436. The van der Waals surface area contributed by atoms with Crippen molar-refractivity contribution in [2.24, 2.45) is 0 Å². The number of hydrogen-bond acceptors (Lipinski definition) is 3. The third kappa shape index (κ3) is 2.93. The molecule has 0 bridgehead atoms. The molecule has 0 saturated heterocycles. The summed E-state index contributed by atoms with van der Waals surface area (Å²) in [5, 5.41) is 13.2. The number of hydroxylamine groups is 1. The molecule has 1 heterocycles. The molecule has 22 heavy (non-hydrogen) atoms. The van der Waals surface area contributed by atoms with E-state index in [9.17, 15) is 4.79 Å². The van der Waals surface area contributed by atoms with Gasteiger partial charge in [-0.15, -0.1) is 0 Å². The molecule has 3 rings (SSSR count). The van der Waals surface area contributed by atoms with Crippen LogP contribution in [-0.2, 0) is 4.79 Å². The Bertz CT molecular complexity index is 754. The molecule has 0 radical (unpaired) electrons. The molecule has 0 aliphatic rings. The van der Waals surface area contributed by atoms with E-state index in [4.69, 9.17) is 5.21 Å². The van der Waals surface area contributed by atoms with Crippen molar-refractivity contribution in [2.75, 3.05) is 0 Å². The van der Waals surface area contributed by atoms with Gasteiger partial charge in [-0.2, -0.15) is 11.3 Å². The minimum Gasteiger partial charge on any atom is -0.289 e. The first-order valence-electron chi connectivity index (χ1n) is 6.91. The Balaban J connectivity index is 2.05. The maximum absolute atomic E-state index is 12.2. The number of nitrogens with one attached hydrogen (secondary N) is 1. The second-order valence-corrected chi connectivity index (χ2v) is 5.74. The normalized spacial score (nSPS) is 11.9. The Kier molecular flexibility index (Phi) is 4.32. The van der Waals surface area contributed by atoms with Crippen LogP contribution in [0, 0.1) is 0 Å². The third-order valence-electron chi connectivity index (χ3n) is 3.58. The van der Waals surface area contributed by atoms with Crippen LogP contribution in [-0.4, -0.2) is 11.1 Å². The van der Waals surface area contributed by atoms with Gasteiger partial charge in [0.2, 0.25) is 0 Å². The first-order chi connectivity index (χ1) is 10.8. The molecule has 0 aliphatic heterocycles. The molecule has 1 aromatic heterocycles. The molecule has 110 valence electrons. The number of carbonyl (C=O) groups is 1. The smallest absolute Gasteiger partial charge is 0.255 e. The molecule has 1 unspecified atom stereocenters. The quantitative estimate of drug-likeness (QED) is 0.564. The average Bonchev–Trinajstić information content (AvgIpc) is 3.11. The molecule has 3 nitrogen and oxygen atoms in total. The van der Waals surface area contributed by atoms with Gasteiger partial charge in [0.05, 0.1) is 5.92 Å². The van der Waals surface area contributed by atoms with Crippen LogP contribution in [0.25, 0.3) is 11.1 Å². The first-order valence-corrected chi connectivity index (χ1v) is 7.85. The number of thiophene rings is 1. The maximum atomic E-state index is 12.2. The highest BCUT2D eigenvalue weighted by atomic mass is 32.1. The van der Waals surface area contributed by atoms with Gasteiger partial charge in [-0.1, -0.05) is 48.5 Å². The van der Waals surface area contributed by atoms with E-state index in [2.05, 4.69) is 5.38 Å². The molecule has 0 aliphatic carbocycles. The highest BCUT2D eigenvalue weighted by Crippen LogP contribution is 2.29. The van der Waals surface area contributed by atoms with Gasteiger partial charge in [-0.05, 0) is 45.1 Å². The van der Waals surface area contributed by atoms with Crippen LogP contribution in [0.2, 0.25) is 0 Å². The molecular formula is C18H15NO2S. The lowest BCUT2D eigenvalue weighted by molar-refractivity contribution is -0.129. The zero-order chi connectivity index (χ0) is 15.4. The average molecular weight is 309 g/mol. The Morgan fingerprint density at radius 2 is 1.73 bits per heavy atom. The minimum atomic E-state index is -0.537. The highest BCUT2D eigenvalue weighted by Gasteiger charge is 2.22. The topological polar surface area (TPSA) is 49.3 Å². The summed E-state index contributed by atoms with van der Waals surface area (Å²) in [5.74, 6) is -0.974. The Morgan fingerprint density at radius 1 is 0.955 bits per heavy atom. The molecule has 1 atom stereocenters. The van der Waals surface area contributed by atoms with Crippen molar-refractivity contribution in [3.05, 3.63) is 82.6 Å². The maximum Gasteiger partial charge on any atom is 0.255 e. The van der Waals surface area contributed by atoms with Crippen molar-refractivity contribution < 1.29 is 10.0 Å². The SMILES string of the molecule is O=C(NO)C(c1ccccc1)c1cccc(-c2ccsc2)c1. The zero-order valence-corrected chi connectivity index (χ0v) is 12.6. The largest absolute Gasteiger partial charge is 0.289 e. The first kappa shape index (κ1) is 14.5. The molecule has 2 aromatic carbocycles. The van der Waals surface area contributed by atoms with Crippen LogP contribution in [0.5, 0.6) is 0 Å². The van der Waals surface area contributed by atoms with Crippen LogP contribution < -0.4 is 5.48 Å². The van der Waals surface area contributed by atoms with Crippen molar-refractivity contribution in [1.29, 1.82) is 0 Å². The van der Waals surface area contributed by atoms with Crippen molar-refractivity contribution in [1.82, 2.24) is 5.48 Å². The molecule has 3 aromatic rings.